The number of rotatable bonds is 6. The number of carbonyl (C=O) groups excluding carboxylic acids is 1. The Labute approximate surface area is 136 Å². The fourth-order valence-corrected chi connectivity index (χ4v) is 2.10. The van der Waals surface area contributed by atoms with E-state index < -0.39 is 0 Å². The average Bonchev–Trinajstić information content (AvgIpc) is 2.52. The Bertz CT molecular complexity index is 693. The molecule has 0 fully saturated rings. The highest BCUT2D eigenvalue weighted by Gasteiger charge is 2.10. The second-order valence-electron chi connectivity index (χ2n) is 5.59. The Balaban J connectivity index is 2.17. The highest BCUT2D eigenvalue weighted by atomic mass is 16.1. The lowest BCUT2D eigenvalue weighted by Gasteiger charge is -2.10. The van der Waals surface area contributed by atoms with Crippen LogP contribution in [-0.2, 0) is 0 Å². The molecule has 0 aliphatic heterocycles. The number of benzene rings is 1. The molecule has 0 unspecified atom stereocenters. The van der Waals surface area contributed by atoms with E-state index in [2.05, 4.69) is 53.2 Å². The van der Waals surface area contributed by atoms with Gasteiger partial charge < -0.3 is 10.6 Å². The first-order chi connectivity index (χ1) is 11.0. The number of amides is 1. The van der Waals surface area contributed by atoms with Crippen molar-refractivity contribution in [2.75, 3.05) is 11.9 Å². The third-order valence-electron chi connectivity index (χ3n) is 3.33. The second kappa shape index (κ2) is 7.54. The van der Waals surface area contributed by atoms with Crippen molar-refractivity contribution >= 4 is 17.4 Å². The van der Waals surface area contributed by atoms with Crippen LogP contribution in [0.25, 0.3) is 0 Å². The Morgan fingerprint density at radius 1 is 1.26 bits per heavy atom. The normalized spacial score (nSPS) is 10.4. The first-order valence-corrected chi connectivity index (χ1v) is 7.61. The van der Waals surface area contributed by atoms with Crippen molar-refractivity contribution in [3.63, 3.8) is 0 Å². The summed E-state index contributed by atoms with van der Waals surface area (Å²) in [4.78, 5) is 20.5. The van der Waals surface area contributed by atoms with Crippen LogP contribution in [0.5, 0.6) is 0 Å². The highest BCUT2D eigenvalue weighted by Crippen LogP contribution is 2.20. The highest BCUT2D eigenvalue weighted by molar-refractivity contribution is 5.93. The summed E-state index contributed by atoms with van der Waals surface area (Å²) in [6, 6.07) is 9.81. The van der Waals surface area contributed by atoms with Crippen molar-refractivity contribution < 1.29 is 4.79 Å². The molecule has 0 atom stereocenters. The lowest BCUT2D eigenvalue weighted by atomic mass is 10.0. The topological polar surface area (TPSA) is 66.9 Å². The van der Waals surface area contributed by atoms with Gasteiger partial charge in [0.1, 0.15) is 17.3 Å². The van der Waals surface area contributed by atoms with Gasteiger partial charge in [-0.15, -0.1) is 6.58 Å². The van der Waals surface area contributed by atoms with Crippen LogP contribution in [0.4, 0.5) is 11.5 Å². The zero-order valence-corrected chi connectivity index (χ0v) is 13.8. The Hall–Kier alpha value is -2.69. The Morgan fingerprint density at radius 2 is 1.96 bits per heavy atom. The number of hydrogen-bond donors (Lipinski definition) is 2. The lowest BCUT2D eigenvalue weighted by molar-refractivity contribution is 0.0952. The minimum absolute atomic E-state index is 0.242. The number of aryl methyl sites for hydroxylation is 1. The molecule has 0 saturated heterocycles. The number of nitrogens with zero attached hydrogens (tertiary/aromatic N) is 2. The summed E-state index contributed by atoms with van der Waals surface area (Å²) < 4.78 is 0. The molecule has 1 aromatic carbocycles. The van der Waals surface area contributed by atoms with Gasteiger partial charge in [-0.2, -0.15) is 0 Å². The largest absolute Gasteiger partial charge is 0.347 e. The zero-order valence-electron chi connectivity index (χ0n) is 13.8. The number of aromatic nitrogens is 2. The van der Waals surface area contributed by atoms with Gasteiger partial charge in [-0.1, -0.05) is 32.1 Å². The fraction of sp³-hybridized carbons (Fsp3) is 0.278. The van der Waals surface area contributed by atoms with Crippen molar-refractivity contribution in [1.82, 2.24) is 15.3 Å². The summed E-state index contributed by atoms with van der Waals surface area (Å²) in [7, 11) is 0. The Kier molecular flexibility index (Phi) is 5.46. The molecular weight excluding hydrogens is 288 g/mol. The standard InChI is InChI=1S/C18H22N4O/c1-5-10-19-18(23)16-11-17(21-13(4)20-16)22-15-8-6-14(7-9-15)12(2)3/h5-9,11-12H,1,10H2,2-4H3,(H,19,23)(H,20,21,22). The van der Waals surface area contributed by atoms with Crippen molar-refractivity contribution in [3.05, 3.63) is 60.1 Å². The molecule has 0 spiro atoms. The summed E-state index contributed by atoms with van der Waals surface area (Å²) in [5, 5.41) is 5.92. The molecule has 2 aromatic rings. The molecule has 1 heterocycles. The summed E-state index contributed by atoms with van der Waals surface area (Å²) in [5.74, 6) is 1.38. The van der Waals surface area contributed by atoms with Gasteiger partial charge in [0.2, 0.25) is 0 Å². The van der Waals surface area contributed by atoms with E-state index in [-0.39, 0.29) is 5.91 Å². The van der Waals surface area contributed by atoms with Crippen molar-refractivity contribution in [2.24, 2.45) is 0 Å². The van der Waals surface area contributed by atoms with Crippen LogP contribution in [0.15, 0.2) is 43.0 Å². The van der Waals surface area contributed by atoms with Gasteiger partial charge in [0.15, 0.2) is 0 Å². The van der Waals surface area contributed by atoms with Crippen molar-refractivity contribution in [2.45, 2.75) is 26.7 Å². The Morgan fingerprint density at radius 3 is 2.57 bits per heavy atom. The summed E-state index contributed by atoms with van der Waals surface area (Å²) in [5.41, 5.74) is 2.53. The SMILES string of the molecule is C=CCNC(=O)c1cc(Nc2ccc(C(C)C)cc2)nc(C)n1. The van der Waals surface area contributed by atoms with Crippen LogP contribution in [0.1, 0.15) is 41.6 Å². The number of hydrogen-bond acceptors (Lipinski definition) is 4. The molecule has 0 aliphatic carbocycles. The van der Waals surface area contributed by atoms with Crippen molar-refractivity contribution in [3.8, 4) is 0 Å². The maximum atomic E-state index is 12.0. The van der Waals surface area contributed by atoms with Gasteiger partial charge in [0, 0.05) is 18.3 Å². The summed E-state index contributed by atoms with van der Waals surface area (Å²) in [6.45, 7) is 10.1. The minimum atomic E-state index is -0.242. The van der Waals surface area contributed by atoms with E-state index in [0.717, 1.165) is 5.69 Å². The second-order valence-corrected chi connectivity index (χ2v) is 5.59. The van der Waals surface area contributed by atoms with Crippen LogP contribution >= 0.6 is 0 Å². The molecule has 2 N–H and O–H groups in total. The molecule has 0 radical (unpaired) electrons. The number of nitrogens with one attached hydrogen (secondary N) is 2. The van der Waals surface area contributed by atoms with Gasteiger partial charge >= 0.3 is 0 Å². The van der Waals surface area contributed by atoms with Gasteiger partial charge in [0.05, 0.1) is 0 Å². The van der Waals surface area contributed by atoms with Gasteiger partial charge in [-0.25, -0.2) is 9.97 Å². The molecule has 23 heavy (non-hydrogen) atoms. The first kappa shape index (κ1) is 16.7. The molecule has 1 amide bonds. The monoisotopic (exact) mass is 310 g/mol. The van der Waals surface area contributed by atoms with Crippen LogP contribution in [0, 0.1) is 6.92 Å². The van der Waals surface area contributed by atoms with Crippen LogP contribution in [-0.4, -0.2) is 22.4 Å². The van der Waals surface area contributed by atoms with E-state index in [9.17, 15) is 4.79 Å². The molecule has 2 rings (SSSR count). The van der Waals surface area contributed by atoms with Gasteiger partial charge in [-0.3, -0.25) is 4.79 Å². The van der Waals surface area contributed by atoms with E-state index in [1.165, 1.54) is 5.56 Å². The molecule has 0 saturated carbocycles. The molecule has 5 nitrogen and oxygen atoms in total. The predicted molar refractivity (Wildman–Crippen MR) is 93.1 cm³/mol. The summed E-state index contributed by atoms with van der Waals surface area (Å²) in [6.07, 6.45) is 1.63. The van der Waals surface area contributed by atoms with Crippen LogP contribution in [0.2, 0.25) is 0 Å². The maximum Gasteiger partial charge on any atom is 0.270 e. The smallest absolute Gasteiger partial charge is 0.270 e. The van der Waals surface area contributed by atoms with E-state index in [1.807, 2.05) is 12.1 Å². The number of anilines is 2. The average molecular weight is 310 g/mol. The van der Waals surface area contributed by atoms with E-state index in [0.29, 0.717) is 29.8 Å². The predicted octanol–water partition coefficient (Wildman–Crippen LogP) is 3.57. The third kappa shape index (κ3) is 4.64. The third-order valence-corrected chi connectivity index (χ3v) is 3.33. The maximum absolute atomic E-state index is 12.0. The first-order valence-electron chi connectivity index (χ1n) is 7.61. The molecule has 1 aromatic heterocycles. The molecular formula is C18H22N4O. The molecule has 5 heteroatoms. The fourth-order valence-electron chi connectivity index (χ4n) is 2.10. The summed E-state index contributed by atoms with van der Waals surface area (Å²) >= 11 is 0. The van der Waals surface area contributed by atoms with Crippen molar-refractivity contribution in [1.29, 1.82) is 0 Å². The quantitative estimate of drug-likeness (QED) is 0.801. The number of carbonyl (C=O) groups is 1. The molecule has 120 valence electrons. The van der Waals surface area contributed by atoms with Gasteiger partial charge in [-0.05, 0) is 30.5 Å². The van der Waals surface area contributed by atoms with Crippen LogP contribution in [0.3, 0.4) is 0 Å². The molecule has 0 aliphatic rings. The lowest BCUT2D eigenvalue weighted by Crippen LogP contribution is -2.24. The van der Waals surface area contributed by atoms with Gasteiger partial charge in [0.25, 0.3) is 5.91 Å². The van der Waals surface area contributed by atoms with E-state index >= 15 is 0 Å². The van der Waals surface area contributed by atoms with Crippen LogP contribution < -0.4 is 10.6 Å². The van der Waals surface area contributed by atoms with E-state index in [1.54, 1.807) is 19.1 Å². The zero-order chi connectivity index (χ0) is 16.8. The van der Waals surface area contributed by atoms with E-state index in [4.69, 9.17) is 0 Å². The molecule has 0 bridgehead atoms. The minimum Gasteiger partial charge on any atom is -0.347 e.